The minimum absolute atomic E-state index is 0.0812. The zero-order chi connectivity index (χ0) is 15.5. The molecule has 0 radical (unpaired) electrons. The van der Waals surface area contributed by atoms with Gasteiger partial charge in [0.2, 0.25) is 0 Å². The molecule has 22 heavy (non-hydrogen) atoms. The average Bonchev–Trinajstić information content (AvgIpc) is 2.97. The van der Waals surface area contributed by atoms with Crippen molar-refractivity contribution in [1.82, 2.24) is 4.90 Å². The maximum absolute atomic E-state index is 12.8. The van der Waals surface area contributed by atoms with Crippen molar-refractivity contribution in [2.75, 3.05) is 20.2 Å². The molecular weight excluding hydrogens is 318 g/mol. The molecule has 118 valence electrons. The monoisotopic (exact) mass is 337 g/mol. The molecule has 1 aromatic carbocycles. The van der Waals surface area contributed by atoms with Crippen molar-refractivity contribution in [2.45, 2.75) is 30.6 Å². The third kappa shape index (κ3) is 3.34. The van der Waals surface area contributed by atoms with E-state index in [1.807, 2.05) is 23.1 Å². The van der Waals surface area contributed by atoms with Gasteiger partial charge in [-0.15, -0.1) is 11.8 Å². The zero-order valence-corrected chi connectivity index (χ0v) is 14.2. The Morgan fingerprint density at radius 3 is 2.86 bits per heavy atom. The van der Waals surface area contributed by atoms with Gasteiger partial charge in [0.1, 0.15) is 0 Å². The highest BCUT2D eigenvalue weighted by molar-refractivity contribution is 8.05. The van der Waals surface area contributed by atoms with Crippen molar-refractivity contribution < 1.29 is 9.53 Å². The van der Waals surface area contributed by atoms with Gasteiger partial charge in [0.15, 0.2) is 0 Å². The summed E-state index contributed by atoms with van der Waals surface area (Å²) in [6, 6.07) is 10.2. The van der Waals surface area contributed by atoms with Crippen molar-refractivity contribution in [2.24, 2.45) is 0 Å². The predicted molar refractivity (Wildman–Crippen MR) is 90.9 cm³/mol. The van der Waals surface area contributed by atoms with Crippen molar-refractivity contribution in [1.29, 1.82) is 0 Å². The van der Waals surface area contributed by atoms with E-state index in [2.05, 4.69) is 12.1 Å². The molecule has 0 aliphatic carbocycles. The second-order valence-corrected chi connectivity index (χ2v) is 7.54. The van der Waals surface area contributed by atoms with E-state index in [-0.39, 0.29) is 17.3 Å². The molecule has 5 heteroatoms. The molecule has 1 aromatic rings. The van der Waals surface area contributed by atoms with Gasteiger partial charge in [0, 0.05) is 31.0 Å². The number of piperidine rings is 1. The predicted octanol–water partition coefficient (Wildman–Crippen LogP) is 3.95. The van der Waals surface area contributed by atoms with Crippen LogP contribution in [0.3, 0.4) is 0 Å². The number of thioether (sulfide) groups is 1. The van der Waals surface area contributed by atoms with Gasteiger partial charge in [0.25, 0.3) is 5.91 Å². The number of hydrogen-bond acceptors (Lipinski definition) is 3. The number of hydrogen-bond donors (Lipinski definition) is 0. The molecule has 2 atom stereocenters. The van der Waals surface area contributed by atoms with Crippen LogP contribution in [0, 0.1) is 0 Å². The first-order valence-electron chi connectivity index (χ1n) is 7.61. The summed E-state index contributed by atoms with van der Waals surface area (Å²) in [7, 11) is 1.71. The Hall–Kier alpha value is -0.970. The summed E-state index contributed by atoms with van der Waals surface area (Å²) in [4.78, 5) is 14.7. The third-order valence-corrected chi connectivity index (χ3v) is 5.97. The van der Waals surface area contributed by atoms with Crippen LogP contribution in [0.4, 0.5) is 0 Å². The first kappa shape index (κ1) is 15.9. The van der Waals surface area contributed by atoms with Crippen molar-refractivity contribution in [3.63, 3.8) is 0 Å². The average molecular weight is 338 g/mol. The summed E-state index contributed by atoms with van der Waals surface area (Å²) < 4.78 is 6.05. The summed E-state index contributed by atoms with van der Waals surface area (Å²) in [6.45, 7) is 1.47. The van der Waals surface area contributed by atoms with Gasteiger partial charge in [-0.05, 0) is 24.8 Å². The Labute approximate surface area is 140 Å². The number of carbonyl (C=O) groups excluding carboxylic acids is 1. The highest BCUT2D eigenvalue weighted by atomic mass is 35.5. The summed E-state index contributed by atoms with van der Waals surface area (Å²) in [5.41, 5.74) is 1.99. The highest BCUT2D eigenvalue weighted by Crippen LogP contribution is 2.49. The summed E-state index contributed by atoms with van der Waals surface area (Å²) >= 11 is 7.96. The smallest absolute Gasteiger partial charge is 0.251 e. The molecule has 3 nitrogen and oxygen atoms in total. The molecule has 0 saturated carbocycles. The van der Waals surface area contributed by atoms with Crippen LogP contribution in [-0.4, -0.2) is 37.1 Å². The number of carbonyl (C=O) groups is 1. The van der Waals surface area contributed by atoms with Gasteiger partial charge >= 0.3 is 0 Å². The van der Waals surface area contributed by atoms with Gasteiger partial charge in [-0.3, -0.25) is 4.79 Å². The molecule has 3 rings (SSSR count). The van der Waals surface area contributed by atoms with Crippen molar-refractivity contribution in [3.05, 3.63) is 45.8 Å². The van der Waals surface area contributed by atoms with Crippen LogP contribution >= 0.6 is 23.4 Å². The Morgan fingerprint density at radius 2 is 2.14 bits per heavy atom. The number of halogens is 1. The lowest BCUT2D eigenvalue weighted by Gasteiger charge is -2.32. The number of ether oxygens (including phenoxy) is 1. The topological polar surface area (TPSA) is 29.5 Å². The Balaban J connectivity index is 1.69. The summed E-state index contributed by atoms with van der Waals surface area (Å²) in [5, 5.41) is 0.246. The molecule has 0 bridgehead atoms. The fraction of sp³-hybridized carbons (Fsp3) is 0.471. The van der Waals surface area contributed by atoms with Gasteiger partial charge in [-0.2, -0.15) is 0 Å². The van der Waals surface area contributed by atoms with Crippen LogP contribution in [0.15, 0.2) is 40.3 Å². The van der Waals surface area contributed by atoms with E-state index in [0.717, 1.165) is 25.0 Å². The zero-order valence-electron chi connectivity index (χ0n) is 12.6. The van der Waals surface area contributed by atoms with Crippen LogP contribution < -0.4 is 0 Å². The first-order valence-corrected chi connectivity index (χ1v) is 8.87. The Bertz CT molecular complexity index is 575. The number of likely N-dealkylation sites (tertiary alicyclic amines) is 1. The lowest BCUT2D eigenvalue weighted by Crippen LogP contribution is -2.43. The molecular formula is C17H20ClNO2S. The lowest BCUT2D eigenvalue weighted by atomic mass is 10.0. The first-order chi connectivity index (χ1) is 10.7. The number of amides is 1. The minimum atomic E-state index is 0.0812. The standard InChI is InChI=1S/C17H20ClNO2S/c1-21-13-8-5-9-19(11-13)17(20)14-10-15(22-16(14)18)12-6-3-2-4-7-12/h2-4,6-7,13,15H,5,8-11H2,1H3. The molecule has 0 aromatic heterocycles. The van der Waals surface area contributed by atoms with Crippen LogP contribution in [0.5, 0.6) is 0 Å². The van der Waals surface area contributed by atoms with Gasteiger partial charge < -0.3 is 9.64 Å². The molecule has 0 spiro atoms. The van der Waals surface area contributed by atoms with E-state index in [4.69, 9.17) is 16.3 Å². The Morgan fingerprint density at radius 1 is 1.36 bits per heavy atom. The van der Waals surface area contributed by atoms with Gasteiger partial charge in [0.05, 0.1) is 10.5 Å². The SMILES string of the molecule is COC1CCCN(C(=O)C2=C(Cl)SC(c3ccccc3)C2)C1. The number of rotatable bonds is 3. The maximum atomic E-state index is 12.8. The van der Waals surface area contributed by atoms with E-state index in [1.54, 1.807) is 18.9 Å². The van der Waals surface area contributed by atoms with Crippen molar-refractivity contribution in [3.8, 4) is 0 Å². The van der Waals surface area contributed by atoms with Crippen LogP contribution in [0.1, 0.15) is 30.1 Å². The van der Waals surface area contributed by atoms with Crippen molar-refractivity contribution >= 4 is 29.3 Å². The molecule has 1 saturated heterocycles. The van der Waals surface area contributed by atoms with E-state index in [1.165, 1.54) is 5.56 Å². The molecule has 1 fully saturated rings. The van der Waals surface area contributed by atoms with E-state index in [0.29, 0.717) is 17.3 Å². The van der Waals surface area contributed by atoms with E-state index >= 15 is 0 Å². The van der Waals surface area contributed by atoms with E-state index in [9.17, 15) is 4.79 Å². The highest BCUT2D eigenvalue weighted by Gasteiger charge is 2.33. The Kier molecular flexibility index (Phi) is 5.11. The lowest BCUT2D eigenvalue weighted by molar-refractivity contribution is -0.130. The third-order valence-electron chi connectivity index (χ3n) is 4.30. The molecule has 2 aliphatic heterocycles. The van der Waals surface area contributed by atoms with Crippen LogP contribution in [-0.2, 0) is 9.53 Å². The molecule has 2 heterocycles. The van der Waals surface area contributed by atoms with Crippen LogP contribution in [0.2, 0.25) is 0 Å². The molecule has 1 amide bonds. The van der Waals surface area contributed by atoms with E-state index < -0.39 is 0 Å². The number of nitrogens with zero attached hydrogens (tertiary/aromatic N) is 1. The second kappa shape index (κ2) is 7.07. The van der Waals surface area contributed by atoms with Gasteiger partial charge in [-0.1, -0.05) is 41.9 Å². The minimum Gasteiger partial charge on any atom is -0.380 e. The normalized spacial score (nSPS) is 25.6. The summed E-state index contributed by atoms with van der Waals surface area (Å²) in [6.07, 6.45) is 2.87. The summed E-state index contributed by atoms with van der Waals surface area (Å²) in [5.74, 6) is 0.0812. The maximum Gasteiger partial charge on any atom is 0.251 e. The fourth-order valence-corrected chi connectivity index (χ4v) is 4.62. The second-order valence-electron chi connectivity index (χ2n) is 5.72. The molecule has 0 N–H and O–H groups in total. The fourth-order valence-electron chi connectivity index (χ4n) is 3.03. The molecule has 2 aliphatic rings. The quantitative estimate of drug-likeness (QED) is 0.836. The number of methoxy groups -OCH3 is 1. The van der Waals surface area contributed by atoms with Gasteiger partial charge in [-0.25, -0.2) is 0 Å². The number of benzene rings is 1. The molecule has 2 unspecified atom stereocenters. The van der Waals surface area contributed by atoms with Crippen LogP contribution in [0.25, 0.3) is 0 Å². The largest absolute Gasteiger partial charge is 0.380 e.